The largest absolute Gasteiger partial charge is 0.562 e. The molecule has 0 fully saturated rings. The van der Waals surface area contributed by atoms with Crippen LogP contribution < -0.4 is 9.47 Å². The number of fused-ring (bicyclic) bond motifs is 1. The Hall–Kier alpha value is 1.23. The summed E-state index contributed by atoms with van der Waals surface area (Å²) in [5.74, 6) is 0.458. The second kappa shape index (κ2) is 16.9. The molecule has 0 bridgehead atoms. The van der Waals surface area contributed by atoms with Gasteiger partial charge in [-0.15, -0.1) is 82.3 Å². The number of aliphatic hydroxyl groups excluding tert-OH is 2. The summed E-state index contributed by atoms with van der Waals surface area (Å²) in [5, 5.41) is 36.3. The fraction of sp³-hybridized carbons (Fsp3) is 0.478. The molecule has 1 aliphatic heterocycles. The van der Waals surface area contributed by atoms with Crippen molar-refractivity contribution in [3.63, 3.8) is 0 Å². The van der Waals surface area contributed by atoms with Gasteiger partial charge < -0.3 is 29.9 Å². The van der Waals surface area contributed by atoms with E-state index in [1.165, 1.54) is 0 Å². The number of hydrogen-bond acceptors (Lipinski definition) is 6. The normalized spacial score (nSPS) is 12.1. The van der Waals surface area contributed by atoms with Crippen molar-refractivity contribution >= 4 is 48.0 Å². The van der Waals surface area contributed by atoms with Gasteiger partial charge in [0, 0.05) is 104 Å². The number of ether oxygens (including phenoxy) is 2. The van der Waals surface area contributed by atoms with Crippen LogP contribution in [0.25, 0.3) is 0 Å². The van der Waals surface area contributed by atoms with Crippen LogP contribution in [0.15, 0.2) is 0 Å². The number of aromatic hydroxyl groups is 2. The Bertz CT molecular complexity index is 907. The first-order chi connectivity index (χ1) is 13.5. The Morgan fingerprint density at radius 3 is 1.67 bits per heavy atom. The molecule has 2 aromatic rings. The summed E-state index contributed by atoms with van der Waals surface area (Å²) in [4.78, 5) is 0. The van der Waals surface area contributed by atoms with Gasteiger partial charge in [0.2, 0.25) is 5.79 Å². The van der Waals surface area contributed by atoms with Gasteiger partial charge in [0.25, 0.3) is 0 Å². The van der Waals surface area contributed by atoms with E-state index in [2.05, 4.69) is 12.1 Å². The number of phenolic OH excluding ortho intramolecular Hbond substituents is 2. The fourth-order valence-corrected chi connectivity index (χ4v) is 3.16. The average molecular weight is 836 g/mol. The van der Waals surface area contributed by atoms with Crippen LogP contribution in [0.2, 0.25) is 0 Å². The van der Waals surface area contributed by atoms with Crippen LogP contribution in [0, 0.1) is 39.8 Å². The van der Waals surface area contributed by atoms with Gasteiger partial charge in [0.1, 0.15) is 0 Å². The maximum absolute atomic E-state index is 9.34. The van der Waals surface area contributed by atoms with E-state index in [4.69, 9.17) is 19.7 Å². The first-order valence-electron chi connectivity index (χ1n) is 9.60. The van der Waals surface area contributed by atoms with E-state index in [9.17, 15) is 10.2 Å². The van der Waals surface area contributed by atoms with Crippen molar-refractivity contribution in [1.29, 1.82) is 0 Å². The Morgan fingerprint density at radius 1 is 0.727 bits per heavy atom. The van der Waals surface area contributed by atoms with E-state index in [1.807, 2.05) is 34.6 Å². The number of halogens is 2. The van der Waals surface area contributed by atoms with Crippen molar-refractivity contribution in [2.24, 2.45) is 0 Å². The van der Waals surface area contributed by atoms with Gasteiger partial charge in [-0.1, -0.05) is 27.7 Å². The first kappa shape index (κ1) is 38.8. The molecule has 0 aromatic heterocycles. The molecule has 10 heteroatoms. The van der Waals surface area contributed by atoms with E-state index in [1.54, 1.807) is 6.92 Å². The third-order valence-corrected chi connectivity index (χ3v) is 5.11. The van der Waals surface area contributed by atoms with Crippen LogP contribution in [0.5, 0.6) is 23.0 Å². The van der Waals surface area contributed by atoms with Gasteiger partial charge in [-0.2, -0.15) is 11.1 Å². The molecule has 6 nitrogen and oxygen atoms in total. The predicted octanol–water partition coefficient (Wildman–Crippen LogP) is 4.43. The van der Waals surface area contributed by atoms with Gasteiger partial charge in [0.05, 0.1) is 11.5 Å². The van der Waals surface area contributed by atoms with Crippen molar-refractivity contribution in [3.05, 3.63) is 45.5 Å². The maximum atomic E-state index is 9.34. The Labute approximate surface area is 281 Å². The summed E-state index contributed by atoms with van der Waals surface area (Å²) in [6.45, 7) is 11.5. The third-order valence-electron chi connectivity index (χ3n) is 5.11. The van der Waals surface area contributed by atoms with E-state index >= 15 is 0 Å². The number of rotatable bonds is 4. The molecule has 4 N–H and O–H groups in total. The zero-order valence-electron chi connectivity index (χ0n) is 19.9. The van der Waals surface area contributed by atoms with Gasteiger partial charge in [-0.3, -0.25) is 0 Å². The van der Waals surface area contributed by atoms with Crippen LogP contribution >= 0.6 is 48.0 Å². The third kappa shape index (κ3) is 9.89. The molecule has 33 heavy (non-hydrogen) atoms. The molecular formula is C23H32I2O6Y2-2. The smallest absolute Gasteiger partial charge is 0.230 e. The SMILES string of the molecule is Cc1c(CCO)[c-]c(O)c(O)c1C.Cc1c(CCO)[c-]c2c(c1C)OC(C)(C)O2.I.I.[Y].[Y]. The van der Waals surface area contributed by atoms with E-state index in [-0.39, 0.29) is 138 Å². The molecule has 0 spiro atoms. The van der Waals surface area contributed by atoms with Gasteiger partial charge in [-0.25, -0.2) is 0 Å². The molecule has 0 saturated heterocycles. The average Bonchev–Trinajstić information content (AvgIpc) is 2.97. The second-order valence-corrected chi connectivity index (χ2v) is 7.61. The monoisotopic (exact) mass is 836 g/mol. The summed E-state index contributed by atoms with van der Waals surface area (Å²) in [6.07, 6.45) is 1.05. The van der Waals surface area contributed by atoms with Crippen molar-refractivity contribution in [3.8, 4) is 23.0 Å². The van der Waals surface area contributed by atoms with E-state index < -0.39 is 5.79 Å². The van der Waals surface area contributed by atoms with Crippen molar-refractivity contribution in [2.45, 2.75) is 60.2 Å². The van der Waals surface area contributed by atoms with Crippen LogP contribution in [0.1, 0.15) is 47.2 Å². The van der Waals surface area contributed by atoms with E-state index in [0.717, 1.165) is 33.6 Å². The van der Waals surface area contributed by atoms with Crippen LogP contribution in [-0.4, -0.2) is 39.4 Å². The molecule has 0 amide bonds. The second-order valence-electron chi connectivity index (χ2n) is 7.61. The number of benzene rings is 2. The minimum absolute atomic E-state index is 0. The molecule has 1 heterocycles. The van der Waals surface area contributed by atoms with Gasteiger partial charge in [-0.05, 0) is 12.8 Å². The number of hydrogen-bond donors (Lipinski definition) is 4. The quantitative estimate of drug-likeness (QED) is 0.207. The van der Waals surface area contributed by atoms with Crippen molar-refractivity contribution < 1.29 is 95.3 Å². The van der Waals surface area contributed by atoms with Crippen LogP contribution in [0.3, 0.4) is 0 Å². The summed E-state index contributed by atoms with van der Waals surface area (Å²) < 4.78 is 11.4. The zero-order chi connectivity index (χ0) is 21.9. The molecule has 0 unspecified atom stereocenters. The molecule has 3 rings (SSSR count). The molecule has 0 atom stereocenters. The van der Waals surface area contributed by atoms with Crippen molar-refractivity contribution in [1.82, 2.24) is 0 Å². The molecule has 0 saturated carbocycles. The zero-order valence-corrected chi connectivity index (χ0v) is 30.2. The molecule has 0 aliphatic carbocycles. The maximum Gasteiger partial charge on any atom is 0.230 e. The molecular weight excluding hydrogens is 804 g/mol. The van der Waals surface area contributed by atoms with Gasteiger partial charge in [0.15, 0.2) is 0 Å². The molecule has 2 radical (unpaired) electrons. The Balaban J connectivity index is -0.000000495. The molecule has 2 aromatic carbocycles. The summed E-state index contributed by atoms with van der Waals surface area (Å²) in [7, 11) is 0. The van der Waals surface area contributed by atoms with E-state index in [0.29, 0.717) is 24.2 Å². The van der Waals surface area contributed by atoms with Gasteiger partial charge >= 0.3 is 0 Å². The Kier molecular flexibility index (Phi) is 19.8. The molecule has 1 aliphatic rings. The summed E-state index contributed by atoms with van der Waals surface area (Å²) >= 11 is 0. The molecule has 182 valence electrons. The predicted molar refractivity (Wildman–Crippen MR) is 141 cm³/mol. The first-order valence-corrected chi connectivity index (χ1v) is 9.60. The number of phenols is 2. The summed E-state index contributed by atoms with van der Waals surface area (Å²) in [5.41, 5.74) is 5.44. The minimum atomic E-state index is -0.617. The summed E-state index contributed by atoms with van der Waals surface area (Å²) in [6, 6.07) is 5.81. The number of aliphatic hydroxyl groups is 2. The van der Waals surface area contributed by atoms with Crippen LogP contribution in [-0.2, 0) is 78.3 Å². The van der Waals surface area contributed by atoms with Crippen molar-refractivity contribution in [2.75, 3.05) is 13.2 Å². The standard InChI is InChI=1S/C13H17O3.C10H13O3.2HI.2Y/c1-8-9(2)12-11(7-10(8)5-6-14)15-13(3,4)16-12;1-6-7(2)10(13)9(12)5-8(6)3-4-11;;;;/h14H,5-6H2,1-4H3;11-13H,3-4H2,1-2H3;2*1H;;/q2*-1;;;;. The minimum Gasteiger partial charge on any atom is -0.562 e. The fourth-order valence-electron chi connectivity index (χ4n) is 3.16. The topological polar surface area (TPSA) is 99.4 Å². The Morgan fingerprint density at radius 2 is 1.18 bits per heavy atom. The van der Waals surface area contributed by atoms with Crippen LogP contribution in [0.4, 0.5) is 0 Å².